The van der Waals surface area contributed by atoms with Crippen LogP contribution in [0, 0.1) is 0 Å². The maximum Gasteiger partial charge on any atom is 0.236 e. The molecule has 1 unspecified atom stereocenters. The third-order valence-corrected chi connectivity index (χ3v) is 7.61. The second-order valence-electron chi connectivity index (χ2n) is 10.2. The summed E-state index contributed by atoms with van der Waals surface area (Å²) in [4.78, 5) is 18.2. The Hall–Kier alpha value is -2.65. The van der Waals surface area contributed by atoms with Crippen molar-refractivity contribution in [2.45, 2.75) is 51.5 Å². The summed E-state index contributed by atoms with van der Waals surface area (Å²) in [6, 6.07) is 11.8. The molecule has 8 nitrogen and oxygen atoms in total. The van der Waals surface area contributed by atoms with Crippen LogP contribution in [-0.4, -0.2) is 76.2 Å². The highest BCUT2D eigenvalue weighted by atomic mass is 16.5. The summed E-state index contributed by atoms with van der Waals surface area (Å²) in [6.07, 6.45) is 1.13. The summed E-state index contributed by atoms with van der Waals surface area (Å²) in [5.41, 5.74) is 10.0. The number of phenolic OH excluding ortho intramolecular Hbond substituents is 1. The van der Waals surface area contributed by atoms with Crippen molar-refractivity contribution >= 4 is 5.91 Å². The number of benzene rings is 2. The van der Waals surface area contributed by atoms with Gasteiger partial charge in [0.1, 0.15) is 6.23 Å². The molecule has 0 spiro atoms. The first kappa shape index (κ1) is 25.4. The number of phenols is 1. The van der Waals surface area contributed by atoms with E-state index in [2.05, 4.69) is 24.8 Å². The molecule has 8 heteroatoms. The number of nitrogens with zero attached hydrogens (tertiary/aromatic N) is 3. The van der Waals surface area contributed by atoms with Crippen LogP contribution in [0.4, 0.5) is 0 Å². The number of amides is 1. The van der Waals surface area contributed by atoms with Gasteiger partial charge >= 0.3 is 0 Å². The summed E-state index contributed by atoms with van der Waals surface area (Å²) in [5, 5.41) is 21.1. The molecule has 190 valence electrons. The maximum atomic E-state index is 11.9. The highest BCUT2D eigenvalue weighted by Crippen LogP contribution is 2.37. The van der Waals surface area contributed by atoms with Crippen LogP contribution >= 0.6 is 0 Å². The van der Waals surface area contributed by atoms with Crippen LogP contribution in [0.15, 0.2) is 36.4 Å². The van der Waals surface area contributed by atoms with Gasteiger partial charge in [-0.25, -0.2) is 0 Å². The van der Waals surface area contributed by atoms with Crippen LogP contribution < -0.4 is 10.5 Å². The number of methoxy groups -OCH3 is 1. The molecule has 0 radical (unpaired) electrons. The van der Waals surface area contributed by atoms with Crippen LogP contribution in [0.5, 0.6) is 11.5 Å². The first-order valence-electron chi connectivity index (χ1n) is 12.3. The van der Waals surface area contributed by atoms with E-state index in [-0.39, 0.29) is 23.7 Å². The van der Waals surface area contributed by atoms with Crippen molar-refractivity contribution in [2.75, 3.05) is 39.8 Å². The van der Waals surface area contributed by atoms with Gasteiger partial charge in [0.15, 0.2) is 11.5 Å². The third-order valence-electron chi connectivity index (χ3n) is 7.61. The molecule has 2 heterocycles. The molecule has 1 fully saturated rings. The monoisotopic (exact) mass is 482 g/mol. The number of nitrogens with two attached hydrogens (primary N) is 1. The number of piperazine rings is 1. The van der Waals surface area contributed by atoms with E-state index in [1.807, 2.05) is 29.2 Å². The first-order valence-corrected chi connectivity index (χ1v) is 12.3. The van der Waals surface area contributed by atoms with Crippen molar-refractivity contribution in [1.29, 1.82) is 0 Å². The number of rotatable bonds is 8. The number of carbonyl (C=O) groups is 1. The van der Waals surface area contributed by atoms with Gasteiger partial charge in [-0.1, -0.05) is 24.3 Å². The molecule has 4 rings (SSSR count). The normalized spacial score (nSPS) is 17.9. The first-order chi connectivity index (χ1) is 16.7. The fourth-order valence-electron chi connectivity index (χ4n) is 5.15. The number of fused-ring (bicyclic) bond motifs is 1. The van der Waals surface area contributed by atoms with E-state index in [9.17, 15) is 15.0 Å². The highest BCUT2D eigenvalue weighted by Gasteiger charge is 2.35. The lowest BCUT2D eigenvalue weighted by Gasteiger charge is -2.38. The van der Waals surface area contributed by atoms with Gasteiger partial charge in [-0.3, -0.25) is 14.6 Å². The maximum absolute atomic E-state index is 11.9. The van der Waals surface area contributed by atoms with Crippen molar-refractivity contribution < 1.29 is 19.7 Å². The lowest BCUT2D eigenvalue weighted by molar-refractivity contribution is -0.133. The quantitative estimate of drug-likeness (QED) is 0.530. The van der Waals surface area contributed by atoms with Gasteiger partial charge in [0.2, 0.25) is 5.91 Å². The largest absolute Gasteiger partial charge is 0.504 e. The predicted molar refractivity (Wildman–Crippen MR) is 135 cm³/mol. The molecule has 1 amide bonds. The van der Waals surface area contributed by atoms with Crippen molar-refractivity contribution in [3.8, 4) is 11.5 Å². The van der Waals surface area contributed by atoms with Crippen molar-refractivity contribution in [2.24, 2.45) is 5.73 Å². The van der Waals surface area contributed by atoms with Gasteiger partial charge in [0.05, 0.1) is 13.7 Å². The number of aliphatic hydroxyl groups is 1. The number of aryl methyl sites for hydroxylation is 1. The fraction of sp³-hybridized carbons (Fsp3) is 0.519. The van der Waals surface area contributed by atoms with Gasteiger partial charge in [-0.05, 0) is 55.5 Å². The third kappa shape index (κ3) is 5.46. The Balaban J connectivity index is 1.41. The molecular weight excluding hydrogens is 444 g/mol. The minimum absolute atomic E-state index is 0.0284. The molecule has 2 aliphatic rings. The van der Waals surface area contributed by atoms with E-state index in [4.69, 9.17) is 10.5 Å². The Morgan fingerprint density at radius 1 is 1.14 bits per heavy atom. The average molecular weight is 483 g/mol. The lowest BCUT2D eigenvalue weighted by atomic mass is 9.93. The SMILES string of the molecule is COc1cc(CCC(C)(C)N2Cc3cccc(C(O)N4CCN(C(=O)CN)CC4)c3C2)ccc1O. The minimum Gasteiger partial charge on any atom is -0.504 e. The zero-order valence-electron chi connectivity index (χ0n) is 21.0. The van der Waals surface area contributed by atoms with Crippen LogP contribution in [0.1, 0.15) is 48.8 Å². The van der Waals surface area contributed by atoms with Crippen LogP contribution in [-0.2, 0) is 24.3 Å². The topological polar surface area (TPSA) is 103 Å². The zero-order valence-corrected chi connectivity index (χ0v) is 21.0. The van der Waals surface area contributed by atoms with Crippen LogP contribution in [0.25, 0.3) is 0 Å². The Kier molecular flexibility index (Phi) is 7.66. The molecule has 1 atom stereocenters. The molecule has 0 aliphatic carbocycles. The van der Waals surface area contributed by atoms with Gasteiger partial charge in [-0.2, -0.15) is 0 Å². The molecule has 2 aromatic rings. The Morgan fingerprint density at radius 3 is 2.57 bits per heavy atom. The summed E-state index contributed by atoms with van der Waals surface area (Å²) in [7, 11) is 1.57. The summed E-state index contributed by atoms with van der Waals surface area (Å²) in [5.74, 6) is 0.619. The molecule has 2 aromatic carbocycles. The van der Waals surface area contributed by atoms with Crippen molar-refractivity contribution in [1.82, 2.24) is 14.7 Å². The molecule has 1 saturated heterocycles. The molecule has 0 saturated carbocycles. The Bertz CT molecular complexity index is 1050. The van der Waals surface area contributed by atoms with Gasteiger partial charge < -0.3 is 25.6 Å². The number of aromatic hydroxyl groups is 1. The molecule has 4 N–H and O–H groups in total. The zero-order chi connectivity index (χ0) is 25.2. The van der Waals surface area contributed by atoms with Crippen LogP contribution in [0.3, 0.4) is 0 Å². The Labute approximate surface area is 207 Å². The summed E-state index contributed by atoms with van der Waals surface area (Å²) >= 11 is 0. The second kappa shape index (κ2) is 10.5. The summed E-state index contributed by atoms with van der Waals surface area (Å²) in [6.45, 7) is 8.62. The van der Waals surface area contributed by atoms with Gasteiger partial charge in [0, 0.05) is 50.4 Å². The number of carbonyl (C=O) groups excluding carboxylic acids is 1. The average Bonchev–Trinajstić information content (AvgIpc) is 3.33. The fourth-order valence-corrected chi connectivity index (χ4v) is 5.15. The number of aliphatic hydroxyl groups excluding tert-OH is 1. The van der Waals surface area contributed by atoms with Gasteiger partial charge in [0.25, 0.3) is 0 Å². The van der Waals surface area contributed by atoms with E-state index in [1.165, 1.54) is 11.1 Å². The van der Waals surface area contributed by atoms with E-state index in [1.54, 1.807) is 18.1 Å². The van der Waals surface area contributed by atoms with Crippen molar-refractivity contribution in [3.05, 3.63) is 58.7 Å². The summed E-state index contributed by atoms with van der Waals surface area (Å²) < 4.78 is 5.26. The Morgan fingerprint density at radius 2 is 1.89 bits per heavy atom. The minimum atomic E-state index is -0.687. The smallest absolute Gasteiger partial charge is 0.236 e. The molecule has 35 heavy (non-hydrogen) atoms. The molecular formula is C27H38N4O4. The van der Waals surface area contributed by atoms with E-state index in [0.29, 0.717) is 31.9 Å². The highest BCUT2D eigenvalue weighted by molar-refractivity contribution is 5.78. The molecule has 2 aliphatic heterocycles. The van der Waals surface area contributed by atoms with Crippen molar-refractivity contribution in [3.63, 3.8) is 0 Å². The number of hydrogen-bond acceptors (Lipinski definition) is 7. The standard InChI is InChI=1S/C27H38N4O4/c1-27(2,10-9-19-7-8-23(32)24(15-19)35-3)31-17-20-5-4-6-21(22(20)18-31)26(34)30-13-11-29(12-14-30)25(33)16-28/h4-8,15,26,32,34H,9-14,16-18,28H2,1-3H3. The molecule has 0 aromatic heterocycles. The van der Waals surface area contributed by atoms with Crippen LogP contribution in [0.2, 0.25) is 0 Å². The second-order valence-corrected chi connectivity index (χ2v) is 10.2. The van der Waals surface area contributed by atoms with Gasteiger partial charge in [-0.15, -0.1) is 0 Å². The van der Waals surface area contributed by atoms with E-state index >= 15 is 0 Å². The number of hydrogen-bond donors (Lipinski definition) is 3. The lowest BCUT2D eigenvalue weighted by Crippen LogP contribution is -2.51. The predicted octanol–water partition coefficient (Wildman–Crippen LogP) is 2.22. The van der Waals surface area contributed by atoms with E-state index < -0.39 is 6.23 Å². The molecule has 0 bridgehead atoms. The number of ether oxygens (including phenoxy) is 1. The van der Waals surface area contributed by atoms with E-state index in [0.717, 1.165) is 37.1 Å².